The molecule has 31 heavy (non-hydrogen) atoms. The Bertz CT molecular complexity index is 1030. The molecule has 0 saturated heterocycles. The van der Waals surface area contributed by atoms with Crippen LogP contribution in [-0.2, 0) is 11.3 Å². The molecular formula is C26H30N2O3. The number of rotatable bonds is 8. The highest BCUT2D eigenvalue weighted by atomic mass is 16.5. The van der Waals surface area contributed by atoms with Crippen LogP contribution in [0, 0.1) is 6.92 Å². The molecule has 1 N–H and O–H groups in total. The maximum Gasteiger partial charge on any atom is 0.241 e. The molecule has 3 aromatic rings. The Kier molecular flexibility index (Phi) is 7.32. The van der Waals surface area contributed by atoms with Gasteiger partial charge in [0.1, 0.15) is 0 Å². The number of methoxy groups -OCH3 is 2. The van der Waals surface area contributed by atoms with Crippen LogP contribution < -0.4 is 14.8 Å². The van der Waals surface area contributed by atoms with Gasteiger partial charge in [-0.2, -0.15) is 0 Å². The second-order valence-corrected chi connectivity index (χ2v) is 7.63. The SMILES string of the molecule is COc1cc(C)c(CN(C)[C@@H](C)C(=O)Nc2ccccc2-c2ccccc2)cc1OC. The van der Waals surface area contributed by atoms with Gasteiger partial charge in [0, 0.05) is 17.8 Å². The minimum atomic E-state index is -0.323. The number of nitrogens with zero attached hydrogens (tertiary/aromatic N) is 1. The molecule has 5 heteroatoms. The summed E-state index contributed by atoms with van der Waals surface area (Å²) in [5.74, 6) is 1.34. The topological polar surface area (TPSA) is 50.8 Å². The van der Waals surface area contributed by atoms with Crippen LogP contribution in [0.15, 0.2) is 66.7 Å². The number of hydrogen-bond acceptors (Lipinski definition) is 4. The molecule has 0 aliphatic rings. The summed E-state index contributed by atoms with van der Waals surface area (Å²) in [5.41, 5.74) is 5.06. The van der Waals surface area contributed by atoms with E-state index in [0.717, 1.165) is 27.9 Å². The van der Waals surface area contributed by atoms with Gasteiger partial charge < -0.3 is 14.8 Å². The zero-order valence-electron chi connectivity index (χ0n) is 18.8. The fourth-order valence-electron chi connectivity index (χ4n) is 3.50. The Balaban J connectivity index is 1.74. The van der Waals surface area contributed by atoms with Crippen molar-refractivity contribution in [2.24, 2.45) is 0 Å². The Morgan fingerprint density at radius 3 is 2.26 bits per heavy atom. The van der Waals surface area contributed by atoms with E-state index in [0.29, 0.717) is 18.0 Å². The van der Waals surface area contributed by atoms with Gasteiger partial charge >= 0.3 is 0 Å². The van der Waals surface area contributed by atoms with Crippen LogP contribution in [0.2, 0.25) is 0 Å². The molecule has 0 fully saturated rings. The van der Waals surface area contributed by atoms with E-state index in [1.807, 2.05) is 92.5 Å². The second kappa shape index (κ2) is 10.1. The van der Waals surface area contributed by atoms with Crippen molar-refractivity contribution in [3.8, 4) is 22.6 Å². The molecule has 0 aliphatic heterocycles. The van der Waals surface area contributed by atoms with Crippen molar-refractivity contribution in [1.29, 1.82) is 0 Å². The summed E-state index contributed by atoms with van der Waals surface area (Å²) in [5, 5.41) is 3.11. The van der Waals surface area contributed by atoms with E-state index in [1.165, 1.54) is 0 Å². The third kappa shape index (κ3) is 5.25. The lowest BCUT2D eigenvalue weighted by atomic mass is 10.0. The summed E-state index contributed by atoms with van der Waals surface area (Å²) in [6, 6.07) is 21.5. The van der Waals surface area contributed by atoms with Crippen LogP contribution in [0.4, 0.5) is 5.69 Å². The third-order valence-corrected chi connectivity index (χ3v) is 5.57. The fraction of sp³-hybridized carbons (Fsp3) is 0.269. The molecule has 1 atom stereocenters. The Morgan fingerprint density at radius 1 is 0.968 bits per heavy atom. The standard InChI is InChI=1S/C26H30N2O3/c1-18-15-24(30-4)25(31-5)16-21(18)17-28(3)19(2)26(29)27-23-14-10-9-13-22(23)20-11-7-6-8-12-20/h6-16,19H,17H2,1-5H3,(H,27,29)/t19-/m0/s1. The van der Waals surface area contributed by atoms with Gasteiger partial charge in [-0.15, -0.1) is 0 Å². The van der Waals surface area contributed by atoms with E-state index in [4.69, 9.17) is 9.47 Å². The predicted molar refractivity (Wildman–Crippen MR) is 126 cm³/mol. The molecule has 162 valence electrons. The summed E-state index contributed by atoms with van der Waals surface area (Å²) in [6.45, 7) is 4.56. The van der Waals surface area contributed by atoms with Crippen LogP contribution in [0.25, 0.3) is 11.1 Å². The minimum Gasteiger partial charge on any atom is -0.493 e. The van der Waals surface area contributed by atoms with Gasteiger partial charge in [-0.25, -0.2) is 0 Å². The highest BCUT2D eigenvalue weighted by Crippen LogP contribution is 2.31. The molecule has 0 heterocycles. The number of likely N-dealkylation sites (N-methyl/N-ethyl adjacent to an activating group) is 1. The van der Waals surface area contributed by atoms with Gasteiger partial charge in [-0.3, -0.25) is 9.69 Å². The van der Waals surface area contributed by atoms with E-state index >= 15 is 0 Å². The molecule has 0 saturated carbocycles. The van der Waals surface area contributed by atoms with Gasteiger partial charge in [0.15, 0.2) is 11.5 Å². The average Bonchev–Trinajstić information content (AvgIpc) is 2.80. The fourth-order valence-corrected chi connectivity index (χ4v) is 3.50. The van der Waals surface area contributed by atoms with Crippen LogP contribution in [0.1, 0.15) is 18.1 Å². The first-order valence-electron chi connectivity index (χ1n) is 10.3. The molecule has 0 aliphatic carbocycles. The van der Waals surface area contributed by atoms with Gasteiger partial charge in [-0.1, -0.05) is 48.5 Å². The summed E-state index contributed by atoms with van der Waals surface area (Å²) in [6.07, 6.45) is 0. The summed E-state index contributed by atoms with van der Waals surface area (Å²) in [7, 11) is 5.20. The highest BCUT2D eigenvalue weighted by molar-refractivity contribution is 5.98. The summed E-state index contributed by atoms with van der Waals surface area (Å²) >= 11 is 0. The van der Waals surface area contributed by atoms with E-state index in [1.54, 1.807) is 14.2 Å². The third-order valence-electron chi connectivity index (χ3n) is 5.57. The molecule has 5 nitrogen and oxygen atoms in total. The van der Waals surface area contributed by atoms with Crippen LogP contribution in [-0.4, -0.2) is 38.1 Å². The van der Waals surface area contributed by atoms with Crippen molar-refractivity contribution in [3.05, 3.63) is 77.9 Å². The lowest BCUT2D eigenvalue weighted by molar-refractivity contribution is -0.120. The number of nitrogens with one attached hydrogen (secondary N) is 1. The molecule has 0 spiro atoms. The molecular weight excluding hydrogens is 388 g/mol. The van der Waals surface area contributed by atoms with Crippen molar-refractivity contribution in [2.75, 3.05) is 26.6 Å². The largest absolute Gasteiger partial charge is 0.493 e. The molecule has 0 aromatic heterocycles. The van der Waals surface area contributed by atoms with Crippen molar-refractivity contribution in [3.63, 3.8) is 0 Å². The second-order valence-electron chi connectivity index (χ2n) is 7.63. The number of hydrogen-bond donors (Lipinski definition) is 1. The zero-order valence-corrected chi connectivity index (χ0v) is 18.8. The minimum absolute atomic E-state index is 0.0518. The molecule has 3 rings (SSSR count). The Hall–Kier alpha value is -3.31. The van der Waals surface area contributed by atoms with Crippen LogP contribution >= 0.6 is 0 Å². The number of anilines is 1. The lowest BCUT2D eigenvalue weighted by Crippen LogP contribution is -2.39. The van der Waals surface area contributed by atoms with E-state index < -0.39 is 0 Å². The molecule has 1 amide bonds. The van der Waals surface area contributed by atoms with Gasteiger partial charge in [0.25, 0.3) is 0 Å². The molecule has 0 radical (unpaired) electrons. The molecule has 3 aromatic carbocycles. The number of aryl methyl sites for hydroxylation is 1. The first-order valence-corrected chi connectivity index (χ1v) is 10.3. The number of para-hydroxylation sites is 1. The summed E-state index contributed by atoms with van der Waals surface area (Å²) < 4.78 is 10.8. The average molecular weight is 419 g/mol. The zero-order chi connectivity index (χ0) is 22.4. The quantitative estimate of drug-likeness (QED) is 0.550. The van der Waals surface area contributed by atoms with E-state index in [2.05, 4.69) is 5.32 Å². The van der Waals surface area contributed by atoms with Crippen LogP contribution in [0.5, 0.6) is 11.5 Å². The monoisotopic (exact) mass is 418 g/mol. The number of carbonyl (C=O) groups excluding carboxylic acids is 1. The lowest BCUT2D eigenvalue weighted by Gasteiger charge is -2.25. The Morgan fingerprint density at radius 2 is 1.58 bits per heavy atom. The van der Waals surface area contributed by atoms with Gasteiger partial charge in [-0.05, 0) is 55.8 Å². The first-order chi connectivity index (χ1) is 14.9. The highest BCUT2D eigenvalue weighted by Gasteiger charge is 2.21. The maximum absolute atomic E-state index is 13.0. The van der Waals surface area contributed by atoms with Crippen molar-refractivity contribution in [1.82, 2.24) is 4.90 Å². The predicted octanol–water partition coefficient (Wildman–Crippen LogP) is 5.14. The van der Waals surface area contributed by atoms with E-state index in [9.17, 15) is 4.79 Å². The molecule has 0 bridgehead atoms. The van der Waals surface area contributed by atoms with Crippen molar-refractivity contribution in [2.45, 2.75) is 26.4 Å². The maximum atomic E-state index is 13.0. The Labute approximate surface area is 184 Å². The van der Waals surface area contributed by atoms with E-state index in [-0.39, 0.29) is 11.9 Å². The number of ether oxygens (including phenoxy) is 2. The van der Waals surface area contributed by atoms with Gasteiger partial charge in [0.2, 0.25) is 5.91 Å². The van der Waals surface area contributed by atoms with Gasteiger partial charge in [0.05, 0.1) is 20.3 Å². The molecule has 0 unspecified atom stereocenters. The van der Waals surface area contributed by atoms with Crippen molar-refractivity contribution < 1.29 is 14.3 Å². The van der Waals surface area contributed by atoms with Crippen LogP contribution in [0.3, 0.4) is 0 Å². The normalized spacial score (nSPS) is 11.8. The van der Waals surface area contributed by atoms with Crippen molar-refractivity contribution >= 4 is 11.6 Å². The summed E-state index contributed by atoms with van der Waals surface area (Å²) in [4.78, 5) is 15.1. The number of amides is 1. The first kappa shape index (κ1) is 22.4. The number of benzene rings is 3. The smallest absolute Gasteiger partial charge is 0.241 e. The number of carbonyl (C=O) groups is 1.